The maximum Gasteiger partial charge on any atom is 0.231 e. The summed E-state index contributed by atoms with van der Waals surface area (Å²) in [5.74, 6) is -0.0274. The van der Waals surface area contributed by atoms with Gasteiger partial charge in [0.25, 0.3) is 0 Å². The monoisotopic (exact) mass is 348 g/mol. The van der Waals surface area contributed by atoms with Crippen LogP contribution in [0.5, 0.6) is 0 Å². The number of thiazole rings is 1. The Labute approximate surface area is 151 Å². The average Bonchev–Trinajstić information content (AvgIpc) is 3.23. The van der Waals surface area contributed by atoms with Crippen molar-refractivity contribution < 1.29 is 4.79 Å². The van der Waals surface area contributed by atoms with Crippen LogP contribution in [0.2, 0.25) is 0 Å². The minimum absolute atomic E-state index is 0.0274. The largest absolute Gasteiger partial charge is 0.326 e. The molecule has 1 aliphatic rings. The van der Waals surface area contributed by atoms with Gasteiger partial charge in [-0.3, -0.25) is 4.79 Å². The summed E-state index contributed by atoms with van der Waals surface area (Å²) >= 11 is 1.55. The summed E-state index contributed by atoms with van der Waals surface area (Å²) in [7, 11) is 0. The summed E-state index contributed by atoms with van der Waals surface area (Å²) < 4.78 is 0. The molecule has 1 aliphatic carbocycles. The van der Waals surface area contributed by atoms with E-state index in [2.05, 4.69) is 28.5 Å². The Morgan fingerprint density at radius 3 is 2.92 bits per heavy atom. The molecule has 0 fully saturated rings. The van der Waals surface area contributed by atoms with Gasteiger partial charge < -0.3 is 5.32 Å². The predicted octanol–water partition coefficient (Wildman–Crippen LogP) is 4.79. The molecule has 0 saturated heterocycles. The summed E-state index contributed by atoms with van der Waals surface area (Å²) in [4.78, 5) is 16.9. The number of hydrogen-bond acceptors (Lipinski definition) is 3. The predicted molar refractivity (Wildman–Crippen MR) is 103 cm³/mol. The van der Waals surface area contributed by atoms with Gasteiger partial charge >= 0.3 is 0 Å². The Bertz CT molecular complexity index is 929. The van der Waals surface area contributed by atoms with Crippen LogP contribution in [0.3, 0.4) is 0 Å². The molecule has 4 heteroatoms. The molecule has 1 amide bonds. The maximum absolute atomic E-state index is 12.2. The molecule has 3 aromatic rings. The highest BCUT2D eigenvalue weighted by molar-refractivity contribution is 7.10. The molecule has 25 heavy (non-hydrogen) atoms. The van der Waals surface area contributed by atoms with Gasteiger partial charge in [-0.15, -0.1) is 11.3 Å². The average molecular weight is 348 g/mol. The number of fused-ring (bicyclic) bond motifs is 1. The van der Waals surface area contributed by atoms with E-state index in [0.717, 1.165) is 27.5 Å². The van der Waals surface area contributed by atoms with E-state index < -0.39 is 0 Å². The number of nitrogens with zero attached hydrogens (tertiary/aromatic N) is 1. The summed E-state index contributed by atoms with van der Waals surface area (Å²) in [6, 6.07) is 14.5. The second-order valence-corrected chi connectivity index (χ2v) is 7.50. The second-order valence-electron chi connectivity index (χ2n) is 6.56. The molecule has 1 heterocycles. The molecule has 1 N–H and O–H groups in total. The first-order valence-electron chi connectivity index (χ1n) is 8.60. The molecule has 1 aromatic heterocycles. The smallest absolute Gasteiger partial charge is 0.231 e. The highest BCUT2D eigenvalue weighted by atomic mass is 32.1. The third-order valence-corrected chi connectivity index (χ3v) is 5.41. The van der Waals surface area contributed by atoms with E-state index in [1.165, 1.54) is 30.4 Å². The Kier molecular flexibility index (Phi) is 4.36. The molecule has 126 valence electrons. The zero-order chi connectivity index (χ0) is 17.2. The molecule has 0 atom stereocenters. The third-order valence-electron chi connectivity index (χ3n) is 4.56. The fourth-order valence-corrected chi connectivity index (χ4v) is 4.12. The van der Waals surface area contributed by atoms with Crippen LogP contribution in [0.4, 0.5) is 5.69 Å². The highest BCUT2D eigenvalue weighted by Gasteiger charge is 2.14. The quantitative estimate of drug-likeness (QED) is 0.737. The van der Waals surface area contributed by atoms with E-state index in [-0.39, 0.29) is 5.91 Å². The first-order valence-corrected chi connectivity index (χ1v) is 9.48. The van der Waals surface area contributed by atoms with Crippen molar-refractivity contribution in [3.63, 3.8) is 0 Å². The van der Waals surface area contributed by atoms with Gasteiger partial charge in [-0.05, 0) is 61.1 Å². The molecule has 0 saturated carbocycles. The van der Waals surface area contributed by atoms with Crippen LogP contribution in [0, 0.1) is 6.92 Å². The summed E-state index contributed by atoms with van der Waals surface area (Å²) in [5.41, 5.74) is 7.01. The minimum Gasteiger partial charge on any atom is -0.326 e. The van der Waals surface area contributed by atoms with E-state index in [1.807, 2.05) is 36.6 Å². The van der Waals surface area contributed by atoms with Crippen molar-refractivity contribution in [2.75, 3.05) is 5.32 Å². The Morgan fingerprint density at radius 1 is 1.16 bits per heavy atom. The third kappa shape index (κ3) is 3.64. The first kappa shape index (κ1) is 16.0. The number of amides is 1. The lowest BCUT2D eigenvalue weighted by atomic mass is 10.1. The van der Waals surface area contributed by atoms with E-state index in [9.17, 15) is 4.79 Å². The molecule has 0 unspecified atom stereocenters. The Hall–Kier alpha value is -2.46. The molecule has 0 bridgehead atoms. The number of benzene rings is 2. The normalized spacial score (nSPS) is 12.8. The number of carbonyl (C=O) groups excluding carboxylic acids is 1. The fraction of sp³-hybridized carbons (Fsp3) is 0.238. The highest BCUT2D eigenvalue weighted by Crippen LogP contribution is 2.29. The summed E-state index contributed by atoms with van der Waals surface area (Å²) in [5, 5.41) is 5.84. The van der Waals surface area contributed by atoms with Gasteiger partial charge in [0.1, 0.15) is 5.01 Å². The van der Waals surface area contributed by atoms with Gasteiger partial charge in [0, 0.05) is 16.6 Å². The second kappa shape index (κ2) is 6.81. The first-order chi connectivity index (χ1) is 12.2. The molecule has 0 spiro atoms. The molecule has 2 aromatic carbocycles. The SMILES string of the molecule is Cc1cccc(NC(=O)Cc2nc(-c3ccc4c(c3)CCC4)cs2)c1. The van der Waals surface area contributed by atoms with Crippen LogP contribution in [0.1, 0.15) is 28.1 Å². The minimum atomic E-state index is -0.0274. The molecule has 4 rings (SSSR count). The van der Waals surface area contributed by atoms with Crippen LogP contribution in [0.15, 0.2) is 47.8 Å². The zero-order valence-corrected chi connectivity index (χ0v) is 15.0. The number of anilines is 1. The maximum atomic E-state index is 12.2. The molecular weight excluding hydrogens is 328 g/mol. The van der Waals surface area contributed by atoms with Gasteiger partial charge in [0.15, 0.2) is 0 Å². The summed E-state index contributed by atoms with van der Waals surface area (Å²) in [6.07, 6.45) is 3.92. The van der Waals surface area contributed by atoms with E-state index >= 15 is 0 Å². The Balaban J connectivity index is 1.45. The molecule has 0 radical (unpaired) electrons. The van der Waals surface area contributed by atoms with Crippen molar-refractivity contribution in [1.29, 1.82) is 0 Å². The van der Waals surface area contributed by atoms with Crippen molar-refractivity contribution in [3.8, 4) is 11.3 Å². The van der Waals surface area contributed by atoms with Crippen LogP contribution < -0.4 is 5.32 Å². The van der Waals surface area contributed by atoms with Crippen molar-refractivity contribution in [1.82, 2.24) is 4.98 Å². The van der Waals surface area contributed by atoms with Gasteiger partial charge in [-0.1, -0.05) is 24.3 Å². The van der Waals surface area contributed by atoms with E-state index in [0.29, 0.717) is 6.42 Å². The van der Waals surface area contributed by atoms with Crippen molar-refractivity contribution in [2.24, 2.45) is 0 Å². The van der Waals surface area contributed by atoms with Crippen molar-refractivity contribution >= 4 is 22.9 Å². The number of hydrogen-bond donors (Lipinski definition) is 1. The van der Waals surface area contributed by atoms with Gasteiger partial charge in [0.2, 0.25) is 5.91 Å². The van der Waals surface area contributed by atoms with E-state index in [4.69, 9.17) is 0 Å². The van der Waals surface area contributed by atoms with Crippen LogP contribution >= 0.6 is 11.3 Å². The molecule has 0 aliphatic heterocycles. The van der Waals surface area contributed by atoms with Gasteiger partial charge in [0.05, 0.1) is 12.1 Å². The van der Waals surface area contributed by atoms with Gasteiger partial charge in [-0.25, -0.2) is 4.98 Å². The van der Waals surface area contributed by atoms with E-state index in [1.54, 1.807) is 11.3 Å². The van der Waals surface area contributed by atoms with Crippen LogP contribution in [-0.2, 0) is 24.1 Å². The lowest BCUT2D eigenvalue weighted by Crippen LogP contribution is -2.14. The van der Waals surface area contributed by atoms with Crippen molar-refractivity contribution in [3.05, 3.63) is 69.5 Å². The number of aromatic nitrogens is 1. The lowest BCUT2D eigenvalue weighted by molar-refractivity contribution is -0.115. The van der Waals surface area contributed by atoms with Gasteiger partial charge in [-0.2, -0.15) is 0 Å². The van der Waals surface area contributed by atoms with Crippen molar-refractivity contribution in [2.45, 2.75) is 32.6 Å². The number of aryl methyl sites for hydroxylation is 3. The van der Waals surface area contributed by atoms with Crippen LogP contribution in [-0.4, -0.2) is 10.9 Å². The zero-order valence-electron chi connectivity index (χ0n) is 14.2. The topological polar surface area (TPSA) is 42.0 Å². The lowest BCUT2D eigenvalue weighted by Gasteiger charge is -2.04. The summed E-state index contributed by atoms with van der Waals surface area (Å²) in [6.45, 7) is 2.01. The standard InChI is InChI=1S/C21H20N2OS/c1-14-4-2-7-18(10-14)22-20(24)12-21-23-19(13-25-21)17-9-8-15-5-3-6-16(15)11-17/h2,4,7-11,13H,3,5-6,12H2,1H3,(H,22,24). The molecular formula is C21H20N2OS. The Morgan fingerprint density at radius 2 is 2.04 bits per heavy atom. The fourth-order valence-electron chi connectivity index (χ4n) is 3.32. The number of nitrogens with one attached hydrogen (secondary N) is 1. The van der Waals surface area contributed by atoms with Crippen LogP contribution in [0.25, 0.3) is 11.3 Å². The molecule has 3 nitrogen and oxygen atoms in total. The number of rotatable bonds is 4. The number of carbonyl (C=O) groups is 1.